The molecule has 0 radical (unpaired) electrons. The van der Waals surface area contributed by atoms with E-state index in [1.165, 1.54) is 21.3 Å². The van der Waals surface area contributed by atoms with Gasteiger partial charge in [0.1, 0.15) is 40.8 Å². The molecule has 0 aliphatic rings. The van der Waals surface area contributed by atoms with Gasteiger partial charge in [-0.1, -0.05) is 0 Å². The average molecular weight is 372 g/mol. The third-order valence-electron chi connectivity index (χ3n) is 3.95. The fourth-order valence-electron chi connectivity index (χ4n) is 2.70. The fourth-order valence-corrected chi connectivity index (χ4v) is 2.70. The van der Waals surface area contributed by atoms with Crippen molar-refractivity contribution in [2.75, 3.05) is 34.5 Å². The Morgan fingerprint density at radius 3 is 2.33 bits per heavy atom. The van der Waals surface area contributed by atoms with Crippen LogP contribution in [0.25, 0.3) is 22.3 Å². The standard InChI is InChI=1S/C19H20N2O6/c1-24-12-6-11(7-14(8-12)27-5-4-22)18-20-15-9-13(25-2)10-16(26-3)17(15)19(23)21-18/h6-10,22H,4-5H2,1-3H3,(H,20,21,23). The van der Waals surface area contributed by atoms with E-state index >= 15 is 0 Å². The Morgan fingerprint density at radius 1 is 0.963 bits per heavy atom. The molecule has 0 fully saturated rings. The van der Waals surface area contributed by atoms with Crippen LogP contribution in [0.15, 0.2) is 35.1 Å². The van der Waals surface area contributed by atoms with E-state index in [4.69, 9.17) is 24.1 Å². The van der Waals surface area contributed by atoms with E-state index in [9.17, 15) is 4.79 Å². The molecule has 0 spiro atoms. The van der Waals surface area contributed by atoms with Gasteiger partial charge in [0.2, 0.25) is 0 Å². The maximum Gasteiger partial charge on any atom is 0.262 e. The number of methoxy groups -OCH3 is 3. The number of aliphatic hydroxyl groups is 1. The quantitative estimate of drug-likeness (QED) is 0.654. The molecule has 2 aromatic carbocycles. The van der Waals surface area contributed by atoms with E-state index in [-0.39, 0.29) is 18.8 Å². The second-order valence-corrected chi connectivity index (χ2v) is 5.61. The smallest absolute Gasteiger partial charge is 0.262 e. The summed E-state index contributed by atoms with van der Waals surface area (Å²) in [7, 11) is 4.54. The molecule has 3 rings (SSSR count). The van der Waals surface area contributed by atoms with Crippen LogP contribution in [-0.2, 0) is 0 Å². The van der Waals surface area contributed by atoms with Crippen LogP contribution in [0.2, 0.25) is 0 Å². The summed E-state index contributed by atoms with van der Waals surface area (Å²) in [5, 5.41) is 9.29. The molecule has 0 amide bonds. The maximum atomic E-state index is 12.7. The van der Waals surface area contributed by atoms with E-state index in [0.717, 1.165) is 0 Å². The molecule has 1 aromatic heterocycles. The van der Waals surface area contributed by atoms with Gasteiger partial charge in [-0.15, -0.1) is 0 Å². The zero-order valence-corrected chi connectivity index (χ0v) is 15.2. The van der Waals surface area contributed by atoms with Gasteiger partial charge in [-0.05, 0) is 12.1 Å². The van der Waals surface area contributed by atoms with Crippen LogP contribution in [-0.4, -0.2) is 49.6 Å². The first-order valence-corrected chi connectivity index (χ1v) is 8.18. The van der Waals surface area contributed by atoms with Crippen molar-refractivity contribution < 1.29 is 24.1 Å². The lowest BCUT2D eigenvalue weighted by molar-refractivity contribution is 0.201. The van der Waals surface area contributed by atoms with E-state index in [1.807, 2.05) is 0 Å². The normalized spacial score (nSPS) is 10.7. The number of aromatic nitrogens is 2. The molecule has 2 N–H and O–H groups in total. The number of aliphatic hydroxyl groups excluding tert-OH is 1. The third kappa shape index (κ3) is 3.80. The summed E-state index contributed by atoms with van der Waals surface area (Å²) in [6.07, 6.45) is 0. The number of H-pyrrole nitrogens is 1. The molecule has 1 heterocycles. The largest absolute Gasteiger partial charge is 0.497 e. The highest BCUT2D eigenvalue weighted by Crippen LogP contribution is 2.31. The highest BCUT2D eigenvalue weighted by molar-refractivity contribution is 5.87. The molecule has 0 unspecified atom stereocenters. The van der Waals surface area contributed by atoms with Gasteiger partial charge < -0.3 is 29.0 Å². The second-order valence-electron chi connectivity index (χ2n) is 5.61. The minimum absolute atomic E-state index is 0.114. The van der Waals surface area contributed by atoms with Crippen molar-refractivity contribution in [3.63, 3.8) is 0 Å². The van der Waals surface area contributed by atoms with Crippen molar-refractivity contribution in [1.82, 2.24) is 9.97 Å². The Morgan fingerprint density at radius 2 is 1.67 bits per heavy atom. The molecule has 142 valence electrons. The van der Waals surface area contributed by atoms with E-state index in [2.05, 4.69) is 9.97 Å². The van der Waals surface area contributed by atoms with Crippen LogP contribution in [0.3, 0.4) is 0 Å². The lowest BCUT2D eigenvalue weighted by Gasteiger charge is -2.11. The van der Waals surface area contributed by atoms with E-state index in [1.54, 1.807) is 30.3 Å². The molecule has 0 bridgehead atoms. The molecule has 8 nitrogen and oxygen atoms in total. The molecular formula is C19H20N2O6. The van der Waals surface area contributed by atoms with Gasteiger partial charge in [-0.25, -0.2) is 4.98 Å². The number of rotatable bonds is 7. The molecule has 0 aliphatic carbocycles. The van der Waals surface area contributed by atoms with E-state index in [0.29, 0.717) is 45.3 Å². The van der Waals surface area contributed by atoms with Crippen molar-refractivity contribution in [3.8, 4) is 34.4 Å². The first-order valence-electron chi connectivity index (χ1n) is 8.18. The van der Waals surface area contributed by atoms with Gasteiger partial charge in [0.05, 0.1) is 33.5 Å². The Bertz CT molecular complexity index is 1010. The number of benzene rings is 2. The van der Waals surface area contributed by atoms with Gasteiger partial charge in [0, 0.05) is 23.8 Å². The maximum absolute atomic E-state index is 12.7. The second kappa shape index (κ2) is 7.96. The summed E-state index contributed by atoms with van der Waals surface area (Å²) in [5.74, 6) is 2.27. The van der Waals surface area contributed by atoms with Crippen molar-refractivity contribution in [3.05, 3.63) is 40.7 Å². The van der Waals surface area contributed by atoms with Crippen molar-refractivity contribution in [1.29, 1.82) is 0 Å². The number of hydrogen-bond donors (Lipinski definition) is 2. The Balaban J connectivity index is 2.18. The first kappa shape index (κ1) is 18.5. The summed E-state index contributed by atoms with van der Waals surface area (Å²) >= 11 is 0. The van der Waals surface area contributed by atoms with Crippen molar-refractivity contribution in [2.45, 2.75) is 0 Å². The number of nitrogens with one attached hydrogen (secondary N) is 1. The van der Waals surface area contributed by atoms with Gasteiger partial charge in [0.25, 0.3) is 5.56 Å². The molecule has 8 heteroatoms. The van der Waals surface area contributed by atoms with Gasteiger partial charge in [0.15, 0.2) is 0 Å². The number of ether oxygens (including phenoxy) is 4. The minimum Gasteiger partial charge on any atom is -0.497 e. The zero-order valence-electron chi connectivity index (χ0n) is 15.2. The highest BCUT2D eigenvalue weighted by Gasteiger charge is 2.14. The summed E-state index contributed by atoms with van der Waals surface area (Å²) < 4.78 is 21.3. The molecular weight excluding hydrogens is 352 g/mol. The van der Waals surface area contributed by atoms with Crippen molar-refractivity contribution >= 4 is 10.9 Å². The summed E-state index contributed by atoms with van der Waals surface area (Å²) in [4.78, 5) is 20.0. The zero-order chi connectivity index (χ0) is 19.4. The van der Waals surface area contributed by atoms with Gasteiger partial charge in [-0.2, -0.15) is 0 Å². The van der Waals surface area contributed by atoms with Crippen LogP contribution in [0.1, 0.15) is 0 Å². The Hall–Kier alpha value is -3.26. The van der Waals surface area contributed by atoms with Crippen LogP contribution < -0.4 is 24.5 Å². The first-order chi connectivity index (χ1) is 13.1. The number of nitrogens with zero attached hydrogens (tertiary/aromatic N) is 1. The summed E-state index contributed by atoms with van der Waals surface area (Å²) in [5.41, 5.74) is 0.698. The monoisotopic (exact) mass is 372 g/mol. The van der Waals surface area contributed by atoms with Crippen LogP contribution in [0.4, 0.5) is 0 Å². The number of aromatic amines is 1. The predicted molar refractivity (Wildman–Crippen MR) is 100 cm³/mol. The van der Waals surface area contributed by atoms with Crippen LogP contribution >= 0.6 is 0 Å². The lowest BCUT2D eigenvalue weighted by Crippen LogP contribution is -2.11. The molecule has 0 aliphatic heterocycles. The predicted octanol–water partition coefficient (Wildman–Crippen LogP) is 1.99. The molecule has 0 saturated heterocycles. The van der Waals surface area contributed by atoms with Crippen LogP contribution in [0.5, 0.6) is 23.0 Å². The number of fused-ring (bicyclic) bond motifs is 1. The molecule has 0 saturated carbocycles. The summed E-state index contributed by atoms with van der Waals surface area (Å²) in [6, 6.07) is 8.42. The van der Waals surface area contributed by atoms with Gasteiger partial charge in [-0.3, -0.25) is 4.79 Å². The van der Waals surface area contributed by atoms with Crippen LogP contribution in [0, 0.1) is 0 Å². The fraction of sp³-hybridized carbons (Fsp3) is 0.263. The topological polar surface area (TPSA) is 103 Å². The van der Waals surface area contributed by atoms with E-state index < -0.39 is 0 Å². The molecule has 3 aromatic rings. The van der Waals surface area contributed by atoms with Gasteiger partial charge >= 0.3 is 0 Å². The number of hydrogen-bond acceptors (Lipinski definition) is 7. The minimum atomic E-state index is -0.338. The highest BCUT2D eigenvalue weighted by atomic mass is 16.5. The third-order valence-corrected chi connectivity index (χ3v) is 3.95. The lowest BCUT2D eigenvalue weighted by atomic mass is 10.1. The molecule has 27 heavy (non-hydrogen) atoms. The average Bonchev–Trinajstić information content (AvgIpc) is 2.70. The Labute approximate surface area is 155 Å². The van der Waals surface area contributed by atoms with Crippen molar-refractivity contribution in [2.24, 2.45) is 0 Å². The SMILES string of the molecule is COc1cc(OCCO)cc(-c2nc3cc(OC)cc(OC)c3c(=O)[nH]2)c1. The molecule has 0 atom stereocenters. The summed E-state index contributed by atoms with van der Waals surface area (Å²) in [6.45, 7) is 0.0276. The Kier molecular flexibility index (Phi) is 5.46.